The third-order valence-corrected chi connectivity index (χ3v) is 34.5. The van der Waals surface area contributed by atoms with Gasteiger partial charge < -0.3 is 0 Å². The second kappa shape index (κ2) is 21.4. The molecule has 4 saturated heterocycles. The van der Waals surface area contributed by atoms with Crippen molar-refractivity contribution >= 4 is 37.6 Å². The van der Waals surface area contributed by atoms with Crippen LogP contribution in [-0.4, -0.2) is 275 Å². The van der Waals surface area contributed by atoms with Crippen LogP contribution < -0.4 is 0 Å². The van der Waals surface area contributed by atoms with Crippen LogP contribution in [0.4, 0.5) is 0 Å². The second-order valence-corrected chi connectivity index (χ2v) is 36.3. The molecule has 25 heteroatoms. The summed E-state index contributed by atoms with van der Waals surface area (Å²) in [5, 5.41) is 0. The van der Waals surface area contributed by atoms with Gasteiger partial charge in [0.1, 0.15) is 0 Å². The Morgan fingerprint density at radius 2 is 0.446 bits per heavy atom. The van der Waals surface area contributed by atoms with Gasteiger partial charge in [0.05, 0.1) is 0 Å². The average Bonchev–Trinajstić information content (AvgIpc) is 3.20. The topological polar surface area (TPSA) is 125 Å². The first-order valence-corrected chi connectivity index (χ1v) is 32.2. The molecule has 0 bridgehead atoms. The zero-order valence-corrected chi connectivity index (χ0v) is 50.1. The van der Waals surface area contributed by atoms with Crippen molar-refractivity contribution in [1.29, 1.82) is 0 Å². The van der Waals surface area contributed by atoms with Gasteiger partial charge in [-0.05, 0) is 0 Å². The predicted molar refractivity (Wildman–Crippen MR) is 282 cm³/mol. The van der Waals surface area contributed by atoms with E-state index in [4.69, 9.17) is 36.2 Å². The Kier molecular flexibility index (Phi) is 19.2. The van der Waals surface area contributed by atoms with E-state index in [-0.39, 0.29) is 0 Å². The van der Waals surface area contributed by atoms with Crippen molar-refractivity contribution in [3.8, 4) is 0 Å². The van der Waals surface area contributed by atoms with Gasteiger partial charge in [0.2, 0.25) is 0 Å². The SMILES string of the molecule is CN(C)C1(N(C)C)CCCP(=N[PH](N=P2(N(C)C)CCCC(N(C)C)(N(C)C)O2)(N=P2(N(C)C)CCCC(N(C)C)(N(C)C)O2)N=P2(N(C)C)CCCC(N(C)C)(N(C)C)O2)(N(C)C)O1. The second-order valence-electron chi connectivity index (χ2n) is 20.8. The quantitative estimate of drug-likeness (QED) is 0.115. The minimum atomic E-state index is -4.33. The summed E-state index contributed by atoms with van der Waals surface area (Å²) < 4.78 is 65.9. The zero-order valence-electron chi connectivity index (χ0n) is 45.6. The molecule has 0 saturated carbocycles. The van der Waals surface area contributed by atoms with Crippen LogP contribution in [0.15, 0.2) is 18.1 Å². The molecule has 0 amide bonds. The summed E-state index contributed by atoms with van der Waals surface area (Å²) in [5.41, 5.74) is 0. The molecular weight excluding hydrogens is 923 g/mol. The number of hydrogen-bond acceptors (Lipinski definition) is 16. The van der Waals surface area contributed by atoms with Crippen LogP contribution >= 0.6 is 37.6 Å². The summed E-state index contributed by atoms with van der Waals surface area (Å²) in [4.78, 5) is 17.6. The fraction of sp³-hybridized carbons (Fsp3) is 1.00. The summed E-state index contributed by atoms with van der Waals surface area (Å²) in [6.45, 7) is 0. The Hall–Kier alpha value is 0.710. The van der Waals surface area contributed by atoms with E-state index < -0.39 is 61.0 Å². The molecule has 0 radical (unpaired) electrons. The fourth-order valence-electron chi connectivity index (χ4n) is 10.1. The number of rotatable bonds is 16. The summed E-state index contributed by atoms with van der Waals surface area (Å²) in [6, 6.07) is 0. The summed E-state index contributed by atoms with van der Waals surface area (Å²) in [5.74, 6) is -2.94. The Labute approximate surface area is 398 Å². The molecule has 4 aliphatic heterocycles. The van der Waals surface area contributed by atoms with Gasteiger partial charge in [0.25, 0.3) is 0 Å². The molecule has 0 aromatic carbocycles. The van der Waals surface area contributed by atoms with Gasteiger partial charge in [-0.2, -0.15) is 0 Å². The molecule has 0 aromatic rings. The van der Waals surface area contributed by atoms with Crippen LogP contribution in [0.25, 0.3) is 0 Å². The third kappa shape index (κ3) is 10.9. The maximum absolute atomic E-state index is 7.80. The normalized spacial score (nSPS) is 31.2. The Morgan fingerprint density at radius 3 is 0.569 bits per heavy atom. The molecule has 4 atom stereocenters. The van der Waals surface area contributed by atoms with E-state index in [0.717, 1.165) is 76.0 Å². The maximum atomic E-state index is 7.80. The monoisotopic (exact) mass is 1020 g/mol. The van der Waals surface area contributed by atoms with Crippen molar-refractivity contribution in [2.24, 2.45) is 18.1 Å². The molecule has 65 heavy (non-hydrogen) atoms. The minimum absolute atomic E-state index is 0.730. The van der Waals surface area contributed by atoms with Gasteiger partial charge in [-0.25, -0.2) is 0 Å². The van der Waals surface area contributed by atoms with Crippen molar-refractivity contribution in [2.45, 2.75) is 74.8 Å². The van der Waals surface area contributed by atoms with E-state index in [2.05, 4.69) is 227 Å². The van der Waals surface area contributed by atoms with Crippen molar-refractivity contribution in [1.82, 2.24) is 57.9 Å². The average molecular weight is 1020 g/mol. The molecular formula is C40H97N16O4P5. The van der Waals surface area contributed by atoms with Gasteiger partial charge in [-0.3, -0.25) is 0 Å². The molecule has 0 N–H and O–H groups in total. The van der Waals surface area contributed by atoms with Crippen LogP contribution in [0, 0.1) is 0 Å². The first kappa shape index (κ1) is 58.3. The van der Waals surface area contributed by atoms with Crippen LogP contribution in [0.1, 0.15) is 51.4 Å². The van der Waals surface area contributed by atoms with Crippen LogP contribution in [0.3, 0.4) is 0 Å². The van der Waals surface area contributed by atoms with Gasteiger partial charge in [-0.1, -0.05) is 0 Å². The van der Waals surface area contributed by atoms with Crippen molar-refractivity contribution < 1.29 is 18.1 Å². The van der Waals surface area contributed by atoms with Crippen molar-refractivity contribution in [2.75, 3.05) is 194 Å². The van der Waals surface area contributed by atoms with Gasteiger partial charge in [-0.15, -0.1) is 0 Å². The molecule has 4 heterocycles. The number of nitrogens with zero attached hydrogens (tertiary/aromatic N) is 16. The summed E-state index contributed by atoms with van der Waals surface area (Å²) in [6.07, 6.45) is 9.79. The van der Waals surface area contributed by atoms with E-state index in [0.29, 0.717) is 0 Å². The molecule has 386 valence electrons. The fourth-order valence-corrected chi connectivity index (χ4v) is 33.5. The first-order valence-electron chi connectivity index (χ1n) is 23.2. The third-order valence-electron chi connectivity index (χ3n) is 14.2. The van der Waals surface area contributed by atoms with Gasteiger partial charge >= 0.3 is 400 Å². The van der Waals surface area contributed by atoms with Crippen molar-refractivity contribution in [3.05, 3.63) is 0 Å². The van der Waals surface area contributed by atoms with E-state index >= 15 is 0 Å². The predicted octanol–water partition coefficient (Wildman–Crippen LogP) is 7.12. The Bertz CT molecular complexity index is 1560. The Morgan fingerprint density at radius 1 is 0.292 bits per heavy atom. The molecule has 4 fully saturated rings. The van der Waals surface area contributed by atoms with E-state index in [9.17, 15) is 0 Å². The van der Waals surface area contributed by atoms with E-state index in [1.54, 1.807) is 0 Å². The first-order chi connectivity index (χ1) is 29.8. The summed E-state index contributed by atoms with van der Waals surface area (Å²) >= 11 is 0. The number of hydrogen-bond donors (Lipinski definition) is 0. The molecule has 4 unspecified atom stereocenters. The standard InChI is InChI=1S/C40H97N16O4P5/c1-45(2)37(46(3)4)29-25-33-61(57-37,53(17)18)41-65(42-62(54(19)20)34-26-30-38(58-62,47(5)6)48(7)8,43-63(55(21)22)35-27-31-39(59-63,49(9)10)50(11)12)44-64(56(23)24)36-28-32-40(60-64,51(13)14)52(15)16/h65H,25-36H2,1-24H3. The van der Waals surface area contributed by atoms with Crippen molar-refractivity contribution in [3.63, 3.8) is 0 Å². The van der Waals surface area contributed by atoms with Gasteiger partial charge in [0.15, 0.2) is 0 Å². The van der Waals surface area contributed by atoms with Gasteiger partial charge in [0, 0.05) is 0 Å². The molecule has 0 spiro atoms. The Balaban J connectivity index is 2.50. The van der Waals surface area contributed by atoms with Crippen LogP contribution in [0.2, 0.25) is 0 Å². The molecule has 20 nitrogen and oxygen atoms in total. The van der Waals surface area contributed by atoms with E-state index in [1.165, 1.54) is 0 Å². The molecule has 4 rings (SSSR count). The molecule has 4 aliphatic rings. The zero-order chi connectivity index (χ0) is 49.6. The molecule has 0 aliphatic carbocycles. The van der Waals surface area contributed by atoms with Crippen LogP contribution in [0.5, 0.6) is 0 Å². The molecule has 0 aromatic heterocycles. The van der Waals surface area contributed by atoms with E-state index in [1.807, 2.05) is 0 Å². The summed E-state index contributed by atoms with van der Waals surface area (Å²) in [7, 11) is 34.5. The van der Waals surface area contributed by atoms with Crippen LogP contribution in [-0.2, 0) is 18.1 Å².